The van der Waals surface area contributed by atoms with E-state index in [-0.39, 0.29) is 34.8 Å². The van der Waals surface area contributed by atoms with Crippen LogP contribution >= 0.6 is 11.6 Å². The van der Waals surface area contributed by atoms with Gasteiger partial charge in [-0.1, -0.05) is 11.6 Å². The highest BCUT2D eigenvalue weighted by molar-refractivity contribution is 6.34. The van der Waals surface area contributed by atoms with Crippen LogP contribution in [0.2, 0.25) is 5.02 Å². The molecule has 5 rings (SSSR count). The Morgan fingerprint density at radius 2 is 1.81 bits per heavy atom. The molecule has 0 spiro atoms. The van der Waals surface area contributed by atoms with Gasteiger partial charge in [-0.2, -0.15) is 0 Å². The topological polar surface area (TPSA) is 232 Å². The Labute approximate surface area is 277 Å². The van der Waals surface area contributed by atoms with Gasteiger partial charge < -0.3 is 75.0 Å². The maximum absolute atomic E-state index is 13.4. The molecule has 0 bridgehead atoms. The van der Waals surface area contributed by atoms with Crippen LogP contribution in [0.15, 0.2) is 6.07 Å². The average Bonchev–Trinajstić information content (AvgIpc) is 3.66. The van der Waals surface area contributed by atoms with Crippen LogP contribution in [0.3, 0.4) is 0 Å². The summed E-state index contributed by atoms with van der Waals surface area (Å²) >= 11 is 6.73. The summed E-state index contributed by atoms with van der Waals surface area (Å²) in [6.07, 6.45) is -9.59. The number of hydrogen-bond donors (Lipinski definition) is 9. The Balaban J connectivity index is 1.31. The number of nitrogens with zero attached hydrogens (tertiary/aromatic N) is 1. The first-order chi connectivity index (χ1) is 22.6. The zero-order valence-corrected chi connectivity index (χ0v) is 26.9. The van der Waals surface area contributed by atoms with E-state index in [9.17, 15) is 40.5 Å². The predicted molar refractivity (Wildman–Crippen MR) is 164 cm³/mol. The zero-order valence-electron chi connectivity index (χ0n) is 26.2. The number of aliphatic hydroxyl groups excluding tert-OH is 7. The third-order valence-corrected chi connectivity index (χ3v) is 9.63. The van der Waals surface area contributed by atoms with E-state index in [1.54, 1.807) is 7.11 Å². The van der Waals surface area contributed by atoms with Gasteiger partial charge in [-0.05, 0) is 25.3 Å². The van der Waals surface area contributed by atoms with E-state index in [0.29, 0.717) is 24.3 Å². The van der Waals surface area contributed by atoms with Gasteiger partial charge >= 0.3 is 0 Å². The lowest BCUT2D eigenvalue weighted by molar-refractivity contribution is -0.318. The van der Waals surface area contributed by atoms with Gasteiger partial charge in [-0.25, -0.2) is 0 Å². The molecule has 1 aromatic rings. The number of aliphatic hydroxyl groups is 7. The van der Waals surface area contributed by atoms with Gasteiger partial charge in [0.25, 0.3) is 5.91 Å². The number of rotatable bonds is 13. The number of halogens is 1. The summed E-state index contributed by atoms with van der Waals surface area (Å²) in [6.45, 7) is 1.38. The maximum Gasteiger partial charge on any atom is 0.255 e. The van der Waals surface area contributed by atoms with Crippen LogP contribution in [0.5, 0.6) is 5.75 Å². The molecule has 0 aliphatic carbocycles. The lowest BCUT2D eigenvalue weighted by Gasteiger charge is -2.41. The molecule has 9 N–H and O–H groups in total. The highest BCUT2D eigenvalue weighted by Crippen LogP contribution is 2.44. The summed E-state index contributed by atoms with van der Waals surface area (Å²) in [5, 5.41) is 78.4. The van der Waals surface area contributed by atoms with Crippen LogP contribution in [-0.2, 0) is 25.4 Å². The van der Waals surface area contributed by atoms with Crippen molar-refractivity contribution in [2.45, 2.75) is 86.5 Å². The van der Waals surface area contributed by atoms with E-state index in [4.69, 9.17) is 35.3 Å². The largest absolute Gasteiger partial charge is 0.492 e. The molecule has 3 fully saturated rings. The fourth-order valence-corrected chi connectivity index (χ4v) is 6.91. The molecule has 9 atom stereocenters. The Kier molecular flexibility index (Phi) is 12.2. The summed E-state index contributed by atoms with van der Waals surface area (Å²) < 4.78 is 28.0. The minimum atomic E-state index is -1.99. The molecule has 266 valence electrons. The molecular formula is C30H46ClN3O13. The molecule has 4 aliphatic heterocycles. The maximum atomic E-state index is 13.4. The third kappa shape index (κ3) is 7.50. The second-order valence-corrected chi connectivity index (χ2v) is 12.8. The predicted octanol–water partition coefficient (Wildman–Crippen LogP) is -2.46. The summed E-state index contributed by atoms with van der Waals surface area (Å²) in [5.41, 5.74) is -0.984. The Bertz CT molecular complexity index is 1220. The van der Waals surface area contributed by atoms with Crippen LogP contribution in [0.25, 0.3) is 0 Å². The number of likely N-dealkylation sites (tertiary alicyclic amines) is 1. The average molecular weight is 692 g/mol. The number of fused-ring (bicyclic) bond motifs is 1. The fourth-order valence-electron chi connectivity index (χ4n) is 6.64. The second kappa shape index (κ2) is 15.8. The molecule has 17 heteroatoms. The Morgan fingerprint density at radius 1 is 1.09 bits per heavy atom. The monoisotopic (exact) mass is 691 g/mol. The van der Waals surface area contributed by atoms with Crippen molar-refractivity contribution < 1.29 is 64.2 Å². The van der Waals surface area contributed by atoms with Crippen LogP contribution in [0.1, 0.15) is 35.2 Å². The third-order valence-electron chi connectivity index (χ3n) is 9.33. The minimum Gasteiger partial charge on any atom is -0.492 e. The summed E-state index contributed by atoms with van der Waals surface area (Å²) in [4.78, 5) is 15.8. The number of methoxy groups -OCH3 is 1. The Hall–Kier alpha value is -1.90. The van der Waals surface area contributed by atoms with Crippen molar-refractivity contribution >= 4 is 23.2 Å². The van der Waals surface area contributed by atoms with Gasteiger partial charge in [-0.3, -0.25) is 4.79 Å². The number of nitrogens with one attached hydrogen (secondary N) is 2. The first kappa shape index (κ1) is 36.4. The van der Waals surface area contributed by atoms with Crippen molar-refractivity contribution in [3.63, 3.8) is 0 Å². The normalized spacial score (nSPS) is 34.7. The highest BCUT2D eigenvalue weighted by Gasteiger charge is 2.58. The van der Waals surface area contributed by atoms with Gasteiger partial charge in [0.15, 0.2) is 12.0 Å². The molecule has 4 aliphatic rings. The Morgan fingerprint density at radius 3 is 2.47 bits per heavy atom. The molecule has 47 heavy (non-hydrogen) atoms. The number of anilines is 1. The molecule has 1 aromatic carbocycles. The van der Waals surface area contributed by atoms with Gasteiger partial charge in [0.05, 0.1) is 42.7 Å². The van der Waals surface area contributed by atoms with Crippen molar-refractivity contribution in [1.82, 2.24) is 10.2 Å². The van der Waals surface area contributed by atoms with Crippen molar-refractivity contribution in [2.75, 3.05) is 65.1 Å². The summed E-state index contributed by atoms with van der Waals surface area (Å²) in [6, 6.07) is 1.42. The molecule has 3 saturated heterocycles. The van der Waals surface area contributed by atoms with Crippen molar-refractivity contribution in [3.8, 4) is 5.75 Å². The number of amides is 1. The lowest BCUT2D eigenvalue weighted by atomic mass is 9.98. The van der Waals surface area contributed by atoms with Gasteiger partial charge in [0, 0.05) is 51.4 Å². The zero-order chi connectivity index (χ0) is 33.9. The quantitative estimate of drug-likeness (QED) is 0.0977. The number of benzene rings is 1. The molecular weight excluding hydrogens is 646 g/mol. The van der Waals surface area contributed by atoms with Crippen LogP contribution < -0.4 is 15.4 Å². The molecule has 16 nitrogen and oxygen atoms in total. The number of hydrogen-bond acceptors (Lipinski definition) is 15. The van der Waals surface area contributed by atoms with Gasteiger partial charge in [0.1, 0.15) is 48.5 Å². The van der Waals surface area contributed by atoms with E-state index < -0.39 is 74.6 Å². The van der Waals surface area contributed by atoms with Crippen LogP contribution in [0.4, 0.5) is 5.69 Å². The van der Waals surface area contributed by atoms with Gasteiger partial charge in [-0.15, -0.1) is 0 Å². The molecule has 1 amide bonds. The molecule has 4 heterocycles. The van der Waals surface area contributed by atoms with Crippen LogP contribution in [0, 0.1) is 0 Å². The first-order valence-corrected chi connectivity index (χ1v) is 16.3. The molecule has 0 saturated carbocycles. The van der Waals surface area contributed by atoms with Crippen molar-refractivity contribution in [3.05, 3.63) is 22.2 Å². The standard InChI is InChI=1S/C30H46ClN3O13/c1-43-9-2-6-34-7-3-15(4-8-34)32-28(42)17-11-18(31)21(16-5-10-44-25(16)17)33-30(14-37)27(41)26(20(13-36)47-30)46-29-24(40)23(39)22(38)19(12-35)45-29/h11,15,19-20,22-24,26-27,29,33,35-41H,2-10,12-14H2,1H3,(H,32,42)/t19-,20+,22+,23+,24-,26+,27-,29+,30?/m0/s1. The molecule has 1 unspecified atom stereocenters. The van der Waals surface area contributed by atoms with E-state index in [1.807, 2.05) is 0 Å². The van der Waals surface area contributed by atoms with E-state index in [1.165, 1.54) is 6.07 Å². The van der Waals surface area contributed by atoms with Crippen LogP contribution in [-0.4, -0.2) is 167 Å². The second-order valence-electron chi connectivity index (χ2n) is 12.4. The summed E-state index contributed by atoms with van der Waals surface area (Å²) in [5.74, 6) is -0.0309. The highest BCUT2D eigenvalue weighted by atomic mass is 35.5. The minimum absolute atomic E-state index is 0.0226. The van der Waals surface area contributed by atoms with Crippen molar-refractivity contribution in [1.29, 1.82) is 0 Å². The number of carbonyl (C=O) groups is 1. The first-order valence-electron chi connectivity index (χ1n) is 15.9. The number of carbonyl (C=O) groups excluding carboxylic acids is 1. The SMILES string of the molecule is COCCCN1CCC(NC(=O)c2cc(Cl)c(NC3(CO)O[C@H](CO)[C@@H](O[C@H]4O[C@@H](CO)[C@@H](O)[C@@H](O)[C@@H]4O)[C@@H]3O)c3c2OCC3)CC1. The lowest BCUT2D eigenvalue weighted by Crippen LogP contribution is -2.61. The summed E-state index contributed by atoms with van der Waals surface area (Å²) in [7, 11) is 1.68. The fraction of sp³-hybridized carbons (Fsp3) is 0.767. The molecule has 0 aromatic heterocycles. The number of piperidine rings is 1. The van der Waals surface area contributed by atoms with E-state index in [2.05, 4.69) is 15.5 Å². The smallest absolute Gasteiger partial charge is 0.255 e. The van der Waals surface area contributed by atoms with Crippen molar-refractivity contribution in [2.24, 2.45) is 0 Å². The van der Waals surface area contributed by atoms with Gasteiger partial charge in [0.2, 0.25) is 0 Å². The van der Waals surface area contributed by atoms with E-state index >= 15 is 0 Å². The molecule has 0 radical (unpaired) electrons. The number of ether oxygens (including phenoxy) is 5. The van der Waals surface area contributed by atoms with E-state index in [0.717, 1.165) is 38.9 Å².